The minimum atomic E-state index is -0.534. The molecule has 21 heavy (non-hydrogen) atoms. The molecule has 1 aromatic carbocycles. The Balaban J connectivity index is 2.49. The number of rotatable bonds is 5. The van der Waals surface area contributed by atoms with Crippen LogP contribution in [0.5, 0.6) is 0 Å². The van der Waals surface area contributed by atoms with E-state index >= 15 is 0 Å². The Morgan fingerprint density at radius 3 is 2.57 bits per heavy atom. The molecule has 0 radical (unpaired) electrons. The highest BCUT2D eigenvalue weighted by Crippen LogP contribution is 2.34. The molecule has 0 amide bonds. The van der Waals surface area contributed by atoms with Crippen LogP contribution in [0.25, 0.3) is 0 Å². The third-order valence-corrected chi connectivity index (χ3v) is 2.86. The molecule has 0 bridgehead atoms. The summed E-state index contributed by atoms with van der Waals surface area (Å²) >= 11 is 0. The molecule has 0 fully saturated rings. The molecule has 0 saturated carbocycles. The zero-order chi connectivity index (χ0) is 15.4. The second kappa shape index (κ2) is 6.12. The van der Waals surface area contributed by atoms with E-state index in [2.05, 4.69) is 15.3 Å². The Morgan fingerprint density at radius 2 is 2.00 bits per heavy atom. The Labute approximate surface area is 120 Å². The van der Waals surface area contributed by atoms with Crippen LogP contribution in [0.3, 0.4) is 0 Å². The molecule has 2 aromatic rings. The average Bonchev–Trinajstić information content (AvgIpc) is 2.47. The van der Waals surface area contributed by atoms with Crippen molar-refractivity contribution in [3.63, 3.8) is 0 Å². The smallest absolute Gasteiger partial charge is 0.353 e. The van der Waals surface area contributed by atoms with Gasteiger partial charge < -0.3 is 10.2 Å². The minimum absolute atomic E-state index is 0.137. The van der Waals surface area contributed by atoms with Crippen LogP contribution in [0.2, 0.25) is 0 Å². The largest absolute Gasteiger partial charge is 0.364 e. The molecule has 0 unspecified atom stereocenters. The van der Waals surface area contributed by atoms with Gasteiger partial charge in [0.05, 0.1) is 4.92 Å². The maximum absolute atomic E-state index is 13.0. The third kappa shape index (κ3) is 3.04. The lowest BCUT2D eigenvalue weighted by Crippen LogP contribution is -2.15. The van der Waals surface area contributed by atoms with E-state index in [1.807, 2.05) is 6.92 Å². The Kier molecular flexibility index (Phi) is 4.27. The van der Waals surface area contributed by atoms with Gasteiger partial charge in [-0.3, -0.25) is 10.1 Å². The van der Waals surface area contributed by atoms with E-state index in [4.69, 9.17) is 0 Å². The summed E-state index contributed by atoms with van der Waals surface area (Å²) in [6.45, 7) is 2.31. The number of aromatic nitrogens is 2. The Bertz CT molecular complexity index is 648. The van der Waals surface area contributed by atoms with E-state index in [-0.39, 0.29) is 23.1 Å². The Hall–Kier alpha value is -2.77. The molecule has 0 aliphatic heterocycles. The van der Waals surface area contributed by atoms with Gasteiger partial charge >= 0.3 is 5.69 Å². The number of halogens is 1. The molecule has 0 aliphatic rings. The maximum atomic E-state index is 13.0. The fraction of sp³-hybridized carbons (Fsp3) is 0.231. The van der Waals surface area contributed by atoms with Crippen LogP contribution in [-0.2, 0) is 0 Å². The van der Waals surface area contributed by atoms with Crippen molar-refractivity contribution in [2.75, 3.05) is 23.8 Å². The van der Waals surface area contributed by atoms with Gasteiger partial charge in [0.15, 0.2) is 0 Å². The number of nitro groups is 1. The van der Waals surface area contributed by atoms with Gasteiger partial charge in [-0.25, -0.2) is 14.4 Å². The first-order valence-corrected chi connectivity index (χ1v) is 6.27. The van der Waals surface area contributed by atoms with Gasteiger partial charge in [-0.1, -0.05) is 0 Å². The monoisotopic (exact) mass is 291 g/mol. The second-order valence-electron chi connectivity index (χ2n) is 4.22. The van der Waals surface area contributed by atoms with E-state index in [0.717, 1.165) is 0 Å². The van der Waals surface area contributed by atoms with Gasteiger partial charge in [-0.15, -0.1) is 0 Å². The summed E-state index contributed by atoms with van der Waals surface area (Å²) in [5.41, 5.74) is 0.367. The zero-order valence-corrected chi connectivity index (χ0v) is 11.6. The highest BCUT2D eigenvalue weighted by Gasteiger charge is 2.25. The SMILES string of the molecule is CCNc1ncnc(N(C)c2ccc(F)cc2)c1[N+](=O)[O-]. The number of benzene rings is 1. The lowest BCUT2D eigenvalue weighted by atomic mass is 10.2. The van der Waals surface area contributed by atoms with Crippen molar-refractivity contribution in [3.05, 3.63) is 46.5 Å². The number of hydrogen-bond acceptors (Lipinski definition) is 6. The van der Waals surface area contributed by atoms with Crippen molar-refractivity contribution in [1.82, 2.24) is 9.97 Å². The average molecular weight is 291 g/mol. The van der Waals surface area contributed by atoms with E-state index in [1.54, 1.807) is 7.05 Å². The van der Waals surface area contributed by atoms with Gasteiger partial charge in [0.2, 0.25) is 11.6 Å². The molecule has 1 heterocycles. The lowest BCUT2D eigenvalue weighted by Gasteiger charge is -2.18. The standard InChI is InChI=1S/C13H14FN5O2/c1-3-15-12-11(19(20)21)13(17-8-16-12)18(2)10-6-4-9(14)5-7-10/h4-8H,3H2,1-2H3,(H,15,16,17). The molecule has 0 spiro atoms. The third-order valence-electron chi connectivity index (χ3n) is 2.86. The first-order valence-electron chi connectivity index (χ1n) is 6.27. The first kappa shape index (κ1) is 14.6. The summed E-state index contributed by atoms with van der Waals surface area (Å²) < 4.78 is 13.0. The van der Waals surface area contributed by atoms with Gasteiger partial charge in [0, 0.05) is 19.3 Å². The molecule has 0 atom stereocenters. The fourth-order valence-electron chi connectivity index (χ4n) is 1.87. The number of hydrogen-bond donors (Lipinski definition) is 1. The maximum Gasteiger partial charge on any atom is 0.353 e. The fourth-order valence-corrected chi connectivity index (χ4v) is 1.87. The van der Waals surface area contributed by atoms with Gasteiger partial charge in [-0.2, -0.15) is 0 Å². The highest BCUT2D eigenvalue weighted by atomic mass is 19.1. The lowest BCUT2D eigenvalue weighted by molar-refractivity contribution is -0.383. The minimum Gasteiger partial charge on any atom is -0.364 e. The van der Waals surface area contributed by atoms with Crippen molar-refractivity contribution in [2.45, 2.75) is 6.92 Å². The van der Waals surface area contributed by atoms with Crippen molar-refractivity contribution in [3.8, 4) is 0 Å². The van der Waals surface area contributed by atoms with Crippen LogP contribution in [0.1, 0.15) is 6.92 Å². The predicted octanol–water partition coefficient (Wildman–Crippen LogP) is 2.72. The quantitative estimate of drug-likeness (QED) is 0.673. The van der Waals surface area contributed by atoms with Crippen molar-refractivity contribution in [1.29, 1.82) is 0 Å². The van der Waals surface area contributed by atoms with Crippen LogP contribution in [0.15, 0.2) is 30.6 Å². The molecule has 0 aliphatic carbocycles. The molecule has 2 rings (SSSR count). The molecule has 1 N–H and O–H groups in total. The second-order valence-corrected chi connectivity index (χ2v) is 4.22. The van der Waals surface area contributed by atoms with E-state index in [0.29, 0.717) is 12.2 Å². The summed E-state index contributed by atoms with van der Waals surface area (Å²) in [7, 11) is 1.62. The predicted molar refractivity (Wildman–Crippen MR) is 77.3 cm³/mol. The van der Waals surface area contributed by atoms with Crippen molar-refractivity contribution >= 4 is 23.0 Å². The van der Waals surface area contributed by atoms with E-state index in [9.17, 15) is 14.5 Å². The van der Waals surface area contributed by atoms with Crippen LogP contribution < -0.4 is 10.2 Å². The van der Waals surface area contributed by atoms with Gasteiger partial charge in [0.1, 0.15) is 12.1 Å². The van der Waals surface area contributed by atoms with Crippen molar-refractivity contribution < 1.29 is 9.31 Å². The molecule has 8 heteroatoms. The molecular weight excluding hydrogens is 277 g/mol. The van der Waals surface area contributed by atoms with Crippen LogP contribution in [-0.4, -0.2) is 28.5 Å². The molecular formula is C13H14FN5O2. The van der Waals surface area contributed by atoms with E-state index in [1.165, 1.54) is 35.5 Å². The van der Waals surface area contributed by atoms with Crippen LogP contribution >= 0.6 is 0 Å². The molecule has 0 saturated heterocycles. The van der Waals surface area contributed by atoms with Crippen LogP contribution in [0.4, 0.5) is 27.4 Å². The van der Waals surface area contributed by atoms with Gasteiger partial charge in [-0.05, 0) is 31.2 Å². The molecule has 7 nitrogen and oxygen atoms in total. The van der Waals surface area contributed by atoms with E-state index < -0.39 is 4.92 Å². The number of nitrogens with one attached hydrogen (secondary N) is 1. The topological polar surface area (TPSA) is 84.2 Å². The number of nitrogens with zero attached hydrogens (tertiary/aromatic N) is 4. The van der Waals surface area contributed by atoms with Gasteiger partial charge in [0.25, 0.3) is 0 Å². The zero-order valence-electron chi connectivity index (χ0n) is 11.6. The summed E-state index contributed by atoms with van der Waals surface area (Å²) in [5.74, 6) is -0.0864. The number of anilines is 3. The van der Waals surface area contributed by atoms with Crippen LogP contribution in [0, 0.1) is 15.9 Å². The first-order chi connectivity index (χ1) is 10.0. The molecule has 1 aromatic heterocycles. The van der Waals surface area contributed by atoms with Crippen molar-refractivity contribution in [2.24, 2.45) is 0 Å². The summed E-state index contributed by atoms with van der Waals surface area (Å²) in [4.78, 5) is 20.2. The Morgan fingerprint density at radius 1 is 1.33 bits per heavy atom. The normalized spacial score (nSPS) is 10.2. The summed E-state index contributed by atoms with van der Waals surface area (Å²) in [6, 6.07) is 5.61. The summed E-state index contributed by atoms with van der Waals surface area (Å²) in [5, 5.41) is 14.1. The summed E-state index contributed by atoms with van der Waals surface area (Å²) in [6.07, 6.45) is 1.25. The highest BCUT2D eigenvalue weighted by molar-refractivity contribution is 5.75. The molecule has 110 valence electrons.